The summed E-state index contributed by atoms with van der Waals surface area (Å²) < 4.78 is 1.71. The Bertz CT molecular complexity index is 1020. The number of fused-ring (bicyclic) bond motifs is 2. The van der Waals surface area contributed by atoms with Crippen LogP contribution in [-0.2, 0) is 19.4 Å². The maximum absolute atomic E-state index is 12.4. The second-order valence-corrected chi connectivity index (χ2v) is 8.51. The summed E-state index contributed by atoms with van der Waals surface area (Å²) in [5, 5.41) is 7.91. The van der Waals surface area contributed by atoms with E-state index in [0.29, 0.717) is 5.92 Å². The minimum Gasteiger partial charge on any atom is -0.356 e. The Morgan fingerprint density at radius 3 is 2.89 bits per heavy atom. The summed E-state index contributed by atoms with van der Waals surface area (Å²) >= 11 is 1.66. The van der Waals surface area contributed by atoms with Crippen LogP contribution in [0, 0.1) is 5.92 Å². The Hall–Kier alpha value is -2.28. The van der Waals surface area contributed by atoms with Gasteiger partial charge in [0, 0.05) is 25.7 Å². The summed E-state index contributed by atoms with van der Waals surface area (Å²) in [5.41, 5.74) is 2.37. The van der Waals surface area contributed by atoms with Gasteiger partial charge >= 0.3 is 0 Å². The fourth-order valence-corrected chi connectivity index (χ4v) is 5.06. The van der Waals surface area contributed by atoms with Crippen LogP contribution < -0.4 is 10.5 Å². The Kier molecular flexibility index (Phi) is 4.39. The number of nitrogens with zero attached hydrogens (tertiary/aromatic N) is 5. The molecule has 0 N–H and O–H groups in total. The molecule has 1 saturated heterocycles. The molecule has 6 nitrogen and oxygen atoms in total. The van der Waals surface area contributed by atoms with Gasteiger partial charge in [-0.05, 0) is 61.5 Å². The fourth-order valence-electron chi connectivity index (χ4n) is 4.33. The van der Waals surface area contributed by atoms with E-state index in [1.54, 1.807) is 22.3 Å². The van der Waals surface area contributed by atoms with Crippen LogP contribution in [0.4, 0.5) is 5.82 Å². The van der Waals surface area contributed by atoms with E-state index in [2.05, 4.69) is 31.4 Å². The van der Waals surface area contributed by atoms with Crippen molar-refractivity contribution in [1.82, 2.24) is 19.7 Å². The Balaban J connectivity index is 1.29. The molecule has 0 spiro atoms. The molecular formula is C20H23N5OS. The lowest BCUT2D eigenvalue weighted by Gasteiger charge is -2.33. The van der Waals surface area contributed by atoms with Crippen molar-refractivity contribution in [3.8, 4) is 0 Å². The highest BCUT2D eigenvalue weighted by Crippen LogP contribution is 2.30. The lowest BCUT2D eigenvalue weighted by atomic mass is 9.95. The SMILES string of the molecule is O=c1cc2c(nn1CC1CCN(c3ncnc4sccc34)CC1)CCCC2. The van der Waals surface area contributed by atoms with Gasteiger partial charge in [0.2, 0.25) is 0 Å². The Morgan fingerprint density at radius 1 is 1.15 bits per heavy atom. The second kappa shape index (κ2) is 7.03. The number of aryl methyl sites for hydroxylation is 2. The summed E-state index contributed by atoms with van der Waals surface area (Å²) in [6.07, 6.45) is 8.16. The van der Waals surface area contributed by atoms with E-state index in [1.165, 1.54) is 18.4 Å². The molecule has 1 aliphatic carbocycles. The van der Waals surface area contributed by atoms with Crippen molar-refractivity contribution >= 4 is 27.4 Å². The molecule has 0 bridgehead atoms. The molecule has 0 saturated carbocycles. The molecule has 3 aromatic rings. The maximum Gasteiger partial charge on any atom is 0.267 e. The zero-order chi connectivity index (χ0) is 18.2. The van der Waals surface area contributed by atoms with E-state index in [4.69, 9.17) is 0 Å². The van der Waals surface area contributed by atoms with Crippen LogP contribution in [0.3, 0.4) is 0 Å². The first-order chi connectivity index (χ1) is 13.3. The van der Waals surface area contributed by atoms with Crippen molar-refractivity contribution < 1.29 is 0 Å². The van der Waals surface area contributed by atoms with Crippen LogP contribution in [0.15, 0.2) is 28.6 Å². The molecule has 3 aromatic heterocycles. The summed E-state index contributed by atoms with van der Waals surface area (Å²) in [7, 11) is 0. The van der Waals surface area contributed by atoms with Crippen molar-refractivity contribution in [2.75, 3.05) is 18.0 Å². The first-order valence-corrected chi connectivity index (χ1v) is 10.7. The lowest BCUT2D eigenvalue weighted by molar-refractivity contribution is 0.332. The number of rotatable bonds is 3. The van der Waals surface area contributed by atoms with Gasteiger partial charge in [0.05, 0.1) is 11.1 Å². The van der Waals surface area contributed by atoms with Crippen LogP contribution in [0.2, 0.25) is 0 Å². The Labute approximate surface area is 161 Å². The maximum atomic E-state index is 12.4. The smallest absolute Gasteiger partial charge is 0.267 e. The molecule has 4 heterocycles. The molecule has 27 heavy (non-hydrogen) atoms. The van der Waals surface area contributed by atoms with Gasteiger partial charge in [0.25, 0.3) is 5.56 Å². The van der Waals surface area contributed by atoms with E-state index in [1.807, 2.05) is 6.07 Å². The van der Waals surface area contributed by atoms with E-state index in [9.17, 15) is 4.79 Å². The third-order valence-corrected chi connectivity index (χ3v) is 6.68. The highest BCUT2D eigenvalue weighted by atomic mass is 32.1. The van der Waals surface area contributed by atoms with Crippen molar-refractivity contribution in [3.05, 3.63) is 45.5 Å². The highest BCUT2D eigenvalue weighted by Gasteiger charge is 2.23. The molecule has 0 radical (unpaired) electrons. The zero-order valence-electron chi connectivity index (χ0n) is 15.3. The van der Waals surface area contributed by atoms with E-state index >= 15 is 0 Å². The molecule has 7 heteroatoms. The quantitative estimate of drug-likeness (QED) is 0.698. The van der Waals surface area contributed by atoms with Gasteiger partial charge in [-0.15, -0.1) is 11.3 Å². The van der Waals surface area contributed by atoms with Gasteiger partial charge in [0.15, 0.2) is 0 Å². The fraction of sp³-hybridized carbons (Fsp3) is 0.500. The second-order valence-electron chi connectivity index (χ2n) is 7.61. The molecule has 0 amide bonds. The number of hydrogen-bond acceptors (Lipinski definition) is 6. The van der Waals surface area contributed by atoms with Gasteiger partial charge in [-0.25, -0.2) is 14.6 Å². The average Bonchev–Trinajstić information content (AvgIpc) is 3.18. The highest BCUT2D eigenvalue weighted by molar-refractivity contribution is 7.16. The van der Waals surface area contributed by atoms with Crippen molar-refractivity contribution in [2.45, 2.75) is 45.1 Å². The summed E-state index contributed by atoms with van der Waals surface area (Å²) in [4.78, 5) is 24.7. The summed E-state index contributed by atoms with van der Waals surface area (Å²) in [6, 6.07) is 3.93. The van der Waals surface area contributed by atoms with Crippen molar-refractivity contribution in [2.24, 2.45) is 5.92 Å². The van der Waals surface area contributed by atoms with Gasteiger partial charge in [-0.2, -0.15) is 5.10 Å². The molecule has 1 fully saturated rings. The average molecular weight is 382 g/mol. The summed E-state index contributed by atoms with van der Waals surface area (Å²) in [5.74, 6) is 1.54. The van der Waals surface area contributed by atoms with Crippen LogP contribution in [-0.4, -0.2) is 32.8 Å². The van der Waals surface area contributed by atoms with Gasteiger partial charge in [-0.3, -0.25) is 4.79 Å². The standard InChI is InChI=1S/C20H23N5OS/c26-18-11-15-3-1-2-4-17(15)23-25(18)12-14-5-8-24(9-6-14)19-16-7-10-27-20(16)22-13-21-19/h7,10-11,13-14H,1-6,8-9,12H2. The molecule has 5 rings (SSSR count). The van der Waals surface area contributed by atoms with Crippen LogP contribution in [0.1, 0.15) is 36.9 Å². The number of piperidine rings is 1. The third kappa shape index (κ3) is 3.25. The van der Waals surface area contributed by atoms with Crippen LogP contribution in [0.25, 0.3) is 10.2 Å². The molecular weight excluding hydrogens is 358 g/mol. The Morgan fingerprint density at radius 2 is 2.00 bits per heavy atom. The minimum absolute atomic E-state index is 0.0638. The monoisotopic (exact) mass is 381 g/mol. The van der Waals surface area contributed by atoms with E-state index in [-0.39, 0.29) is 5.56 Å². The number of aromatic nitrogens is 4. The molecule has 1 aliphatic heterocycles. The van der Waals surface area contributed by atoms with E-state index < -0.39 is 0 Å². The largest absolute Gasteiger partial charge is 0.356 e. The van der Waals surface area contributed by atoms with Crippen LogP contribution >= 0.6 is 11.3 Å². The van der Waals surface area contributed by atoms with Gasteiger partial charge in [0.1, 0.15) is 17.0 Å². The molecule has 0 aromatic carbocycles. The molecule has 0 unspecified atom stereocenters. The van der Waals surface area contributed by atoms with Gasteiger partial charge < -0.3 is 4.90 Å². The topological polar surface area (TPSA) is 63.9 Å². The normalized spacial score (nSPS) is 18.0. The zero-order valence-corrected chi connectivity index (χ0v) is 16.1. The first kappa shape index (κ1) is 16.9. The molecule has 0 atom stereocenters. The number of hydrogen-bond donors (Lipinski definition) is 0. The number of thiophene rings is 1. The van der Waals surface area contributed by atoms with Gasteiger partial charge in [-0.1, -0.05) is 0 Å². The first-order valence-electron chi connectivity index (χ1n) is 9.81. The molecule has 140 valence electrons. The predicted molar refractivity (Wildman–Crippen MR) is 107 cm³/mol. The van der Waals surface area contributed by atoms with Crippen molar-refractivity contribution in [1.29, 1.82) is 0 Å². The summed E-state index contributed by atoms with van der Waals surface area (Å²) in [6.45, 7) is 2.66. The number of anilines is 1. The predicted octanol–water partition coefficient (Wildman–Crippen LogP) is 3.04. The lowest BCUT2D eigenvalue weighted by Crippen LogP contribution is -2.37. The van der Waals surface area contributed by atoms with E-state index in [0.717, 1.165) is 67.0 Å². The van der Waals surface area contributed by atoms with Crippen molar-refractivity contribution in [3.63, 3.8) is 0 Å². The molecule has 2 aliphatic rings. The third-order valence-electron chi connectivity index (χ3n) is 5.86. The van der Waals surface area contributed by atoms with Crippen LogP contribution in [0.5, 0.6) is 0 Å². The minimum atomic E-state index is 0.0638.